The number of nitrogens with two attached hydrogens (primary N) is 4. The van der Waals surface area contributed by atoms with E-state index in [1.807, 2.05) is 30.3 Å². The van der Waals surface area contributed by atoms with E-state index in [0.29, 0.717) is 56.7 Å². The van der Waals surface area contributed by atoms with Gasteiger partial charge in [0.2, 0.25) is 5.91 Å². The quantitative estimate of drug-likeness (QED) is 0.105. The molecule has 12 heteroatoms. The van der Waals surface area contributed by atoms with Gasteiger partial charge >= 0.3 is 6.18 Å². The Morgan fingerprint density at radius 1 is 0.951 bits per heavy atom. The predicted molar refractivity (Wildman–Crippen MR) is 152 cm³/mol. The van der Waals surface area contributed by atoms with Crippen LogP contribution in [0.4, 0.5) is 13.2 Å². The van der Waals surface area contributed by atoms with Crippen molar-refractivity contribution in [2.45, 2.75) is 43.9 Å². The fraction of sp³-hybridized carbons (Fsp3) is 0.414. The maximum absolute atomic E-state index is 13.4. The molecule has 0 radical (unpaired) electrons. The number of quaternary nitrogens is 1. The van der Waals surface area contributed by atoms with Gasteiger partial charge in [-0.05, 0) is 48.2 Å². The van der Waals surface area contributed by atoms with Gasteiger partial charge in [0.1, 0.15) is 13.1 Å². The molecule has 222 valence electrons. The first kappa shape index (κ1) is 32.1. The van der Waals surface area contributed by atoms with E-state index in [9.17, 15) is 22.8 Å². The Labute approximate surface area is 237 Å². The molecule has 1 aromatic heterocycles. The minimum Gasteiger partial charge on any atom is -0.345 e. The summed E-state index contributed by atoms with van der Waals surface area (Å²) in [5.41, 5.74) is 18.6. The number of amides is 1. The number of Topliss-reactive ketones (excluding diaryl/α,β-unsaturated/α-hetero) is 1. The number of hydrogen-bond donors (Lipinski definition) is 5. The minimum absolute atomic E-state index is 0.00619. The molecule has 9 nitrogen and oxygen atoms in total. The third kappa shape index (κ3) is 9.58. The Balaban J connectivity index is 1.72. The number of fused-ring (bicyclic) bond motifs is 1. The molecule has 0 fully saturated rings. The summed E-state index contributed by atoms with van der Waals surface area (Å²) >= 11 is 0. The molecule has 0 spiro atoms. The van der Waals surface area contributed by atoms with E-state index >= 15 is 0 Å². The number of hydrogen-bond acceptors (Lipinski definition) is 7. The Morgan fingerprint density at radius 2 is 1.61 bits per heavy atom. The number of pyridine rings is 1. The van der Waals surface area contributed by atoms with Crippen molar-refractivity contribution in [2.75, 3.05) is 32.7 Å². The van der Waals surface area contributed by atoms with Gasteiger partial charge in [-0.1, -0.05) is 30.3 Å². The maximum Gasteiger partial charge on any atom is 0.416 e. The van der Waals surface area contributed by atoms with E-state index in [-0.39, 0.29) is 23.2 Å². The number of carbonyl (C=O) groups is 2. The SMILES string of the molecule is NCC[N+](N)(CCN)CCC[C@H](N)C(=O)N[C@@H](Cc1ccc(C(F)(F)F)cc1)C(=O)Cc1cnc2ccccc2c1. The summed E-state index contributed by atoms with van der Waals surface area (Å²) in [5.74, 6) is 5.51. The Morgan fingerprint density at radius 3 is 2.24 bits per heavy atom. The van der Waals surface area contributed by atoms with Gasteiger partial charge in [0.05, 0.1) is 29.7 Å². The summed E-state index contributed by atoms with van der Waals surface area (Å²) in [6, 6.07) is 11.9. The Bertz CT molecular complexity index is 1300. The van der Waals surface area contributed by atoms with Crippen LogP contribution >= 0.6 is 0 Å². The highest BCUT2D eigenvalue weighted by Crippen LogP contribution is 2.29. The highest BCUT2D eigenvalue weighted by Gasteiger charge is 2.31. The lowest BCUT2D eigenvalue weighted by Crippen LogP contribution is -2.59. The summed E-state index contributed by atoms with van der Waals surface area (Å²) in [5, 5.41) is 3.60. The first-order chi connectivity index (χ1) is 19.4. The zero-order chi connectivity index (χ0) is 30.0. The van der Waals surface area contributed by atoms with Crippen molar-refractivity contribution in [2.24, 2.45) is 23.0 Å². The van der Waals surface area contributed by atoms with Gasteiger partial charge in [-0.3, -0.25) is 14.6 Å². The van der Waals surface area contributed by atoms with Crippen LogP contribution in [0.25, 0.3) is 10.9 Å². The maximum atomic E-state index is 13.4. The number of nitrogens with one attached hydrogen (secondary N) is 1. The second-order valence-electron chi connectivity index (χ2n) is 10.4. The lowest BCUT2D eigenvalue weighted by atomic mass is 9.96. The topological polar surface area (TPSA) is 163 Å². The molecule has 3 rings (SSSR count). The van der Waals surface area contributed by atoms with Gasteiger partial charge in [-0.15, -0.1) is 0 Å². The molecular weight excluding hydrogens is 535 g/mol. The number of halogens is 3. The van der Waals surface area contributed by atoms with Crippen molar-refractivity contribution in [3.63, 3.8) is 0 Å². The number of para-hydroxylation sites is 1. The average Bonchev–Trinajstić information content (AvgIpc) is 2.92. The van der Waals surface area contributed by atoms with Crippen molar-refractivity contribution >= 4 is 22.6 Å². The fourth-order valence-electron chi connectivity index (χ4n) is 4.73. The fourth-order valence-corrected chi connectivity index (χ4v) is 4.73. The second kappa shape index (κ2) is 14.5. The standard InChI is InChI=1S/C29H38F3N7O2/c30-29(31,32)23-9-7-20(8-10-23)17-26(27(40)18-21-16-22-4-1-2-6-25(22)37-19-21)38-28(41)24(35)5-3-13-39(36,14-11-33)15-12-34/h1-2,4,6-10,16,19,24,26H,3,5,11-15,17-18,33-36H2/p+1/t24-,26-/m0/s1. The van der Waals surface area contributed by atoms with E-state index in [2.05, 4.69) is 10.3 Å². The van der Waals surface area contributed by atoms with Crippen LogP contribution in [0.1, 0.15) is 29.5 Å². The van der Waals surface area contributed by atoms with Crippen LogP contribution in [-0.2, 0) is 28.6 Å². The van der Waals surface area contributed by atoms with Crippen molar-refractivity contribution in [1.29, 1.82) is 0 Å². The number of nitrogens with zero attached hydrogens (tertiary/aromatic N) is 2. The van der Waals surface area contributed by atoms with E-state index in [4.69, 9.17) is 23.0 Å². The zero-order valence-corrected chi connectivity index (χ0v) is 22.9. The lowest BCUT2D eigenvalue weighted by molar-refractivity contribution is -0.937. The van der Waals surface area contributed by atoms with Crippen LogP contribution in [0.2, 0.25) is 0 Å². The molecule has 0 unspecified atom stereocenters. The van der Waals surface area contributed by atoms with E-state index in [1.54, 1.807) is 6.20 Å². The molecule has 41 heavy (non-hydrogen) atoms. The van der Waals surface area contributed by atoms with Gasteiger partial charge in [-0.25, -0.2) is 4.59 Å². The van der Waals surface area contributed by atoms with Gasteiger partial charge in [0, 0.05) is 37.5 Å². The van der Waals surface area contributed by atoms with Crippen molar-refractivity contribution in [3.05, 3.63) is 77.5 Å². The zero-order valence-electron chi connectivity index (χ0n) is 22.9. The molecule has 3 aromatic rings. The molecule has 0 aliphatic rings. The second-order valence-corrected chi connectivity index (χ2v) is 10.4. The third-order valence-electron chi connectivity index (χ3n) is 7.06. The van der Waals surface area contributed by atoms with Gasteiger partial charge in [0.25, 0.3) is 0 Å². The largest absolute Gasteiger partial charge is 0.416 e. The number of rotatable bonds is 15. The van der Waals surface area contributed by atoms with Crippen molar-refractivity contribution < 1.29 is 27.4 Å². The number of carbonyl (C=O) groups excluding carboxylic acids is 2. The summed E-state index contributed by atoms with van der Waals surface area (Å²) < 4.78 is 39.3. The van der Waals surface area contributed by atoms with Crippen LogP contribution in [0.5, 0.6) is 0 Å². The molecule has 0 aliphatic heterocycles. The van der Waals surface area contributed by atoms with Crippen LogP contribution in [0.15, 0.2) is 60.8 Å². The molecule has 2 aromatic carbocycles. The number of ketones is 1. The molecule has 1 heterocycles. The van der Waals surface area contributed by atoms with E-state index in [1.165, 1.54) is 12.1 Å². The van der Waals surface area contributed by atoms with Crippen molar-refractivity contribution in [1.82, 2.24) is 10.3 Å². The predicted octanol–water partition coefficient (Wildman–Crippen LogP) is 1.81. The molecule has 1 amide bonds. The summed E-state index contributed by atoms with van der Waals surface area (Å²) in [4.78, 5) is 30.8. The molecule has 9 N–H and O–H groups in total. The van der Waals surface area contributed by atoms with Gasteiger partial charge in [0.15, 0.2) is 5.78 Å². The number of alkyl halides is 3. The molecule has 0 aliphatic carbocycles. The highest BCUT2D eigenvalue weighted by molar-refractivity contribution is 5.92. The summed E-state index contributed by atoms with van der Waals surface area (Å²) in [7, 11) is 0. The van der Waals surface area contributed by atoms with Crippen LogP contribution in [0.3, 0.4) is 0 Å². The number of aromatic nitrogens is 1. The molecule has 2 atom stereocenters. The molecule has 0 saturated heterocycles. The monoisotopic (exact) mass is 574 g/mol. The minimum atomic E-state index is -4.48. The Hall–Kier alpha value is -3.42. The van der Waals surface area contributed by atoms with E-state index in [0.717, 1.165) is 23.0 Å². The smallest absolute Gasteiger partial charge is 0.345 e. The van der Waals surface area contributed by atoms with Gasteiger partial charge in [-0.2, -0.15) is 19.0 Å². The third-order valence-corrected chi connectivity index (χ3v) is 7.06. The average molecular weight is 575 g/mol. The van der Waals surface area contributed by atoms with Crippen molar-refractivity contribution in [3.8, 4) is 0 Å². The van der Waals surface area contributed by atoms with Crippen LogP contribution in [-0.4, -0.2) is 66.1 Å². The first-order valence-corrected chi connectivity index (χ1v) is 13.6. The summed E-state index contributed by atoms with van der Waals surface area (Å²) in [6.07, 6.45) is -2.05. The summed E-state index contributed by atoms with van der Waals surface area (Å²) in [6.45, 7) is 2.38. The van der Waals surface area contributed by atoms with Gasteiger partial charge < -0.3 is 22.5 Å². The molecule has 0 bridgehead atoms. The van der Waals surface area contributed by atoms with E-state index < -0.39 is 29.7 Å². The highest BCUT2D eigenvalue weighted by atomic mass is 19.4. The lowest BCUT2D eigenvalue weighted by Gasteiger charge is -2.32. The molecular formula is C29H39F3N7O2+. The Kier molecular flexibility index (Phi) is 11.3. The van der Waals surface area contributed by atoms with Crippen LogP contribution < -0.4 is 28.4 Å². The molecule has 0 saturated carbocycles. The normalized spacial score (nSPS) is 13.6. The first-order valence-electron chi connectivity index (χ1n) is 13.6. The van der Waals surface area contributed by atoms with Crippen LogP contribution in [0, 0.1) is 0 Å². The number of benzene rings is 2.